The monoisotopic (exact) mass is 239 g/mol. The molecule has 0 aliphatic carbocycles. The zero-order valence-corrected chi connectivity index (χ0v) is 11.3. The topological polar surface area (TPSA) is 0 Å². The molecule has 0 aromatic heterocycles. The molecule has 1 heterocycles. The maximum atomic E-state index is 2.36. The first-order valence-corrected chi connectivity index (χ1v) is 5.99. The number of halogens is 1. The molecule has 0 bridgehead atoms. The molecular formula is C14H22ClN. The fourth-order valence-electron chi connectivity index (χ4n) is 2.72. The van der Waals surface area contributed by atoms with Crippen LogP contribution in [0.15, 0.2) is 24.3 Å². The van der Waals surface area contributed by atoms with E-state index in [2.05, 4.69) is 45.3 Å². The summed E-state index contributed by atoms with van der Waals surface area (Å²) in [5, 5.41) is 0. The molecule has 1 saturated heterocycles. The van der Waals surface area contributed by atoms with Gasteiger partial charge in [0.1, 0.15) is 6.04 Å². The molecule has 0 saturated carbocycles. The summed E-state index contributed by atoms with van der Waals surface area (Å²) in [5.74, 6) is 0. The molecular weight excluding hydrogens is 218 g/mol. The van der Waals surface area contributed by atoms with Crippen LogP contribution in [0.1, 0.15) is 36.4 Å². The molecule has 1 fully saturated rings. The maximum absolute atomic E-state index is 2.36. The number of hydrogen-bond donors (Lipinski definition) is 0. The predicted octanol–water partition coefficient (Wildman–Crippen LogP) is 0.300. The first kappa shape index (κ1) is 13.5. The van der Waals surface area contributed by atoms with Gasteiger partial charge < -0.3 is 16.9 Å². The highest BCUT2D eigenvalue weighted by Gasteiger charge is 2.32. The van der Waals surface area contributed by atoms with Crippen molar-refractivity contribution in [1.82, 2.24) is 0 Å². The molecule has 2 rings (SSSR count). The van der Waals surface area contributed by atoms with Crippen molar-refractivity contribution in [2.45, 2.75) is 32.2 Å². The van der Waals surface area contributed by atoms with Gasteiger partial charge in [-0.3, -0.25) is 0 Å². The van der Waals surface area contributed by atoms with Crippen LogP contribution in [0.25, 0.3) is 0 Å². The van der Waals surface area contributed by atoms with Crippen molar-refractivity contribution in [3.8, 4) is 0 Å². The maximum Gasteiger partial charge on any atom is 0.114 e. The van der Waals surface area contributed by atoms with Crippen LogP contribution in [-0.4, -0.2) is 25.1 Å². The van der Waals surface area contributed by atoms with E-state index in [0.29, 0.717) is 6.04 Å². The quantitative estimate of drug-likeness (QED) is 0.619. The Balaban J connectivity index is 0.00000128. The van der Waals surface area contributed by atoms with E-state index >= 15 is 0 Å². The van der Waals surface area contributed by atoms with Gasteiger partial charge in [-0.15, -0.1) is 0 Å². The van der Waals surface area contributed by atoms with Gasteiger partial charge in [0.05, 0.1) is 20.6 Å². The Bertz CT molecular complexity index is 329. The smallest absolute Gasteiger partial charge is 0.114 e. The Kier molecular flexibility index (Phi) is 4.40. The van der Waals surface area contributed by atoms with Crippen LogP contribution in [0, 0.1) is 6.92 Å². The van der Waals surface area contributed by atoms with E-state index in [1.807, 2.05) is 0 Å². The lowest BCUT2D eigenvalue weighted by Crippen LogP contribution is -3.00. The summed E-state index contributed by atoms with van der Waals surface area (Å²) in [6, 6.07) is 9.81. The average Bonchev–Trinajstić information content (AvgIpc) is 2.19. The molecule has 0 radical (unpaired) electrons. The van der Waals surface area contributed by atoms with E-state index in [0.717, 1.165) is 4.48 Å². The van der Waals surface area contributed by atoms with Crippen molar-refractivity contribution in [3.63, 3.8) is 0 Å². The van der Waals surface area contributed by atoms with Crippen molar-refractivity contribution in [2.75, 3.05) is 20.6 Å². The molecule has 1 nitrogen and oxygen atoms in total. The second kappa shape index (κ2) is 5.20. The van der Waals surface area contributed by atoms with E-state index in [9.17, 15) is 0 Å². The Morgan fingerprint density at radius 2 is 1.69 bits per heavy atom. The van der Waals surface area contributed by atoms with Gasteiger partial charge in [0, 0.05) is 12.0 Å². The van der Waals surface area contributed by atoms with E-state index in [-0.39, 0.29) is 12.4 Å². The molecule has 1 aliphatic rings. The van der Waals surface area contributed by atoms with Crippen LogP contribution in [0.2, 0.25) is 0 Å². The number of quaternary nitrogens is 1. The molecule has 2 heteroatoms. The first-order valence-electron chi connectivity index (χ1n) is 5.99. The minimum atomic E-state index is 0. The van der Waals surface area contributed by atoms with Gasteiger partial charge in [-0.05, 0) is 19.8 Å². The molecule has 1 aliphatic heterocycles. The van der Waals surface area contributed by atoms with Gasteiger partial charge in [-0.2, -0.15) is 0 Å². The highest BCUT2D eigenvalue weighted by Crippen LogP contribution is 2.34. The molecule has 0 N–H and O–H groups in total. The summed E-state index contributed by atoms with van der Waals surface area (Å²) >= 11 is 0. The molecule has 1 aromatic rings. The molecule has 0 spiro atoms. The summed E-state index contributed by atoms with van der Waals surface area (Å²) in [5.41, 5.74) is 2.88. The number of nitrogens with zero attached hydrogens (tertiary/aromatic N) is 1. The van der Waals surface area contributed by atoms with Gasteiger partial charge in [0.15, 0.2) is 0 Å². The summed E-state index contributed by atoms with van der Waals surface area (Å²) in [6.07, 6.45) is 4.12. The van der Waals surface area contributed by atoms with Crippen molar-refractivity contribution in [3.05, 3.63) is 35.4 Å². The van der Waals surface area contributed by atoms with E-state index in [1.54, 1.807) is 0 Å². The number of aryl methyl sites for hydroxylation is 1. The van der Waals surface area contributed by atoms with Gasteiger partial charge in [0.2, 0.25) is 0 Å². The Labute approximate surface area is 105 Å². The fourth-order valence-corrected chi connectivity index (χ4v) is 2.72. The van der Waals surface area contributed by atoms with Crippen molar-refractivity contribution in [2.24, 2.45) is 0 Å². The molecule has 1 unspecified atom stereocenters. The lowest BCUT2D eigenvalue weighted by Gasteiger charge is -2.41. The SMILES string of the molecule is Cc1ccc(C2CCCC[N+]2(C)C)cc1.[Cl-]. The van der Waals surface area contributed by atoms with Gasteiger partial charge in [-0.1, -0.05) is 29.8 Å². The zero-order chi connectivity index (χ0) is 10.9. The Morgan fingerprint density at radius 1 is 1.06 bits per heavy atom. The van der Waals surface area contributed by atoms with Crippen molar-refractivity contribution < 1.29 is 16.9 Å². The second-order valence-electron chi connectivity index (χ2n) is 5.42. The molecule has 0 amide bonds. The molecule has 16 heavy (non-hydrogen) atoms. The lowest BCUT2D eigenvalue weighted by atomic mass is 9.93. The van der Waals surface area contributed by atoms with Crippen molar-refractivity contribution in [1.29, 1.82) is 0 Å². The second-order valence-corrected chi connectivity index (χ2v) is 5.42. The number of rotatable bonds is 1. The summed E-state index contributed by atoms with van der Waals surface area (Å²) in [4.78, 5) is 0. The third kappa shape index (κ3) is 2.78. The van der Waals surface area contributed by atoms with Crippen LogP contribution in [0.3, 0.4) is 0 Å². The highest BCUT2D eigenvalue weighted by molar-refractivity contribution is 5.23. The Hall–Kier alpha value is -0.530. The number of hydrogen-bond acceptors (Lipinski definition) is 0. The van der Waals surface area contributed by atoms with E-state index < -0.39 is 0 Å². The fraction of sp³-hybridized carbons (Fsp3) is 0.571. The normalized spacial score (nSPS) is 23.6. The third-order valence-electron chi connectivity index (χ3n) is 3.77. The van der Waals surface area contributed by atoms with Crippen molar-refractivity contribution >= 4 is 0 Å². The summed E-state index contributed by atoms with van der Waals surface area (Å²) < 4.78 is 1.16. The van der Waals surface area contributed by atoms with Crippen LogP contribution < -0.4 is 12.4 Å². The van der Waals surface area contributed by atoms with Crippen LogP contribution >= 0.6 is 0 Å². The summed E-state index contributed by atoms with van der Waals surface area (Å²) in [6.45, 7) is 3.48. The van der Waals surface area contributed by atoms with Gasteiger partial charge >= 0.3 is 0 Å². The zero-order valence-electron chi connectivity index (χ0n) is 10.5. The molecule has 1 atom stereocenters. The van der Waals surface area contributed by atoms with Crippen LogP contribution in [0.4, 0.5) is 0 Å². The molecule has 1 aromatic carbocycles. The number of benzene rings is 1. The number of likely N-dealkylation sites (tertiary alicyclic amines) is 1. The van der Waals surface area contributed by atoms with Gasteiger partial charge in [0.25, 0.3) is 0 Å². The Morgan fingerprint density at radius 3 is 2.25 bits per heavy atom. The molecule has 90 valence electrons. The number of piperidine rings is 1. The lowest BCUT2D eigenvalue weighted by molar-refractivity contribution is -0.926. The third-order valence-corrected chi connectivity index (χ3v) is 3.77. The standard InChI is InChI=1S/C14H22N.ClH/c1-12-7-9-13(10-8-12)14-6-4-5-11-15(14,2)3;/h7-10,14H,4-6,11H2,1-3H3;1H/q+1;/p-1. The predicted molar refractivity (Wildman–Crippen MR) is 64.7 cm³/mol. The minimum absolute atomic E-state index is 0. The van der Waals surface area contributed by atoms with Crippen LogP contribution in [0.5, 0.6) is 0 Å². The first-order chi connectivity index (χ1) is 7.09. The van der Waals surface area contributed by atoms with E-state index in [4.69, 9.17) is 0 Å². The van der Waals surface area contributed by atoms with E-state index in [1.165, 1.54) is 36.9 Å². The minimum Gasteiger partial charge on any atom is -1.00 e. The van der Waals surface area contributed by atoms with Gasteiger partial charge in [-0.25, -0.2) is 0 Å². The highest BCUT2D eigenvalue weighted by atomic mass is 35.5. The summed E-state index contributed by atoms with van der Waals surface area (Å²) in [7, 11) is 4.73. The average molecular weight is 240 g/mol. The largest absolute Gasteiger partial charge is 1.00 e. The van der Waals surface area contributed by atoms with Crippen LogP contribution in [-0.2, 0) is 0 Å².